The quantitative estimate of drug-likeness (QED) is 0.692. The van der Waals surface area contributed by atoms with Crippen molar-refractivity contribution in [3.63, 3.8) is 0 Å². The number of rotatable bonds is 6. The SMILES string of the molecule is CCC(CCN)CCc1ncn[nH]1. The fraction of sp³-hybridized carbons (Fsp3) is 0.778. The van der Waals surface area contributed by atoms with Crippen LogP contribution in [-0.4, -0.2) is 21.7 Å². The Balaban J connectivity index is 2.23. The van der Waals surface area contributed by atoms with Crippen molar-refractivity contribution in [3.05, 3.63) is 12.2 Å². The van der Waals surface area contributed by atoms with Gasteiger partial charge in [-0.05, 0) is 25.3 Å². The number of H-pyrrole nitrogens is 1. The number of aromatic amines is 1. The Morgan fingerprint density at radius 2 is 2.38 bits per heavy atom. The van der Waals surface area contributed by atoms with Crippen molar-refractivity contribution in [3.8, 4) is 0 Å². The predicted molar refractivity (Wildman–Crippen MR) is 52.2 cm³/mol. The second kappa shape index (κ2) is 5.70. The van der Waals surface area contributed by atoms with Crippen molar-refractivity contribution in [1.29, 1.82) is 0 Å². The Hall–Kier alpha value is -0.900. The Kier molecular flexibility index (Phi) is 4.46. The van der Waals surface area contributed by atoms with E-state index in [0.717, 1.165) is 37.5 Å². The topological polar surface area (TPSA) is 67.6 Å². The molecule has 1 atom stereocenters. The summed E-state index contributed by atoms with van der Waals surface area (Å²) in [6.07, 6.45) is 6.01. The van der Waals surface area contributed by atoms with Gasteiger partial charge in [-0.2, -0.15) is 5.10 Å². The average molecular weight is 182 g/mol. The second-order valence-electron chi connectivity index (χ2n) is 3.32. The summed E-state index contributed by atoms with van der Waals surface area (Å²) in [6, 6.07) is 0. The van der Waals surface area contributed by atoms with Crippen LogP contribution < -0.4 is 5.73 Å². The average Bonchev–Trinajstić information content (AvgIpc) is 2.64. The van der Waals surface area contributed by atoms with Crippen LogP contribution in [0.2, 0.25) is 0 Å². The zero-order chi connectivity index (χ0) is 9.52. The van der Waals surface area contributed by atoms with Crippen molar-refractivity contribution in [1.82, 2.24) is 15.2 Å². The van der Waals surface area contributed by atoms with E-state index in [0.29, 0.717) is 0 Å². The van der Waals surface area contributed by atoms with E-state index in [9.17, 15) is 0 Å². The van der Waals surface area contributed by atoms with Crippen LogP contribution in [-0.2, 0) is 6.42 Å². The summed E-state index contributed by atoms with van der Waals surface area (Å²) in [7, 11) is 0. The number of nitrogens with zero attached hydrogens (tertiary/aromatic N) is 2. The lowest BCUT2D eigenvalue weighted by Gasteiger charge is -2.11. The molecule has 0 aliphatic heterocycles. The second-order valence-corrected chi connectivity index (χ2v) is 3.32. The molecule has 13 heavy (non-hydrogen) atoms. The number of nitrogens with two attached hydrogens (primary N) is 1. The number of nitrogens with one attached hydrogen (secondary N) is 1. The molecule has 1 aromatic rings. The molecular formula is C9H18N4. The first-order valence-corrected chi connectivity index (χ1v) is 4.91. The van der Waals surface area contributed by atoms with E-state index in [-0.39, 0.29) is 0 Å². The molecule has 0 aliphatic carbocycles. The van der Waals surface area contributed by atoms with Gasteiger partial charge in [-0.15, -0.1) is 0 Å². The summed E-state index contributed by atoms with van der Waals surface area (Å²) in [6.45, 7) is 3.00. The highest BCUT2D eigenvalue weighted by molar-refractivity contribution is 4.80. The normalized spacial score (nSPS) is 13.1. The minimum Gasteiger partial charge on any atom is -0.330 e. The Morgan fingerprint density at radius 1 is 1.54 bits per heavy atom. The molecule has 74 valence electrons. The lowest BCUT2D eigenvalue weighted by Crippen LogP contribution is -2.09. The van der Waals surface area contributed by atoms with Gasteiger partial charge in [-0.1, -0.05) is 13.3 Å². The predicted octanol–water partition coefficient (Wildman–Crippen LogP) is 1.11. The van der Waals surface area contributed by atoms with Crippen LogP contribution in [0.3, 0.4) is 0 Å². The fourth-order valence-corrected chi connectivity index (χ4v) is 1.48. The minimum absolute atomic E-state index is 0.732. The molecule has 0 aliphatic rings. The molecule has 0 fully saturated rings. The van der Waals surface area contributed by atoms with E-state index in [1.54, 1.807) is 6.33 Å². The summed E-state index contributed by atoms with van der Waals surface area (Å²) in [4.78, 5) is 4.08. The van der Waals surface area contributed by atoms with Gasteiger partial charge in [0.1, 0.15) is 12.2 Å². The first-order chi connectivity index (χ1) is 6.36. The molecule has 0 saturated heterocycles. The van der Waals surface area contributed by atoms with Crippen molar-refractivity contribution in [2.24, 2.45) is 11.7 Å². The van der Waals surface area contributed by atoms with Crippen LogP contribution in [0.25, 0.3) is 0 Å². The number of aryl methyl sites for hydroxylation is 1. The van der Waals surface area contributed by atoms with Gasteiger partial charge in [0.2, 0.25) is 0 Å². The first kappa shape index (κ1) is 10.2. The maximum Gasteiger partial charge on any atom is 0.137 e. The van der Waals surface area contributed by atoms with Gasteiger partial charge in [0.15, 0.2) is 0 Å². The van der Waals surface area contributed by atoms with E-state index >= 15 is 0 Å². The van der Waals surface area contributed by atoms with Gasteiger partial charge < -0.3 is 5.73 Å². The Labute approximate surface area is 78.9 Å². The van der Waals surface area contributed by atoms with E-state index in [1.165, 1.54) is 6.42 Å². The van der Waals surface area contributed by atoms with Gasteiger partial charge in [-0.3, -0.25) is 5.10 Å². The number of aromatic nitrogens is 3. The first-order valence-electron chi connectivity index (χ1n) is 4.91. The Morgan fingerprint density at radius 3 is 2.92 bits per heavy atom. The van der Waals surface area contributed by atoms with E-state index < -0.39 is 0 Å². The standard InChI is InChI=1S/C9H18N4/c1-2-8(5-6-10)3-4-9-11-7-12-13-9/h7-8H,2-6,10H2,1H3,(H,11,12,13). The van der Waals surface area contributed by atoms with Crippen molar-refractivity contribution in [2.75, 3.05) is 6.54 Å². The molecule has 0 saturated carbocycles. The van der Waals surface area contributed by atoms with Crippen molar-refractivity contribution >= 4 is 0 Å². The summed E-state index contributed by atoms with van der Waals surface area (Å²) in [5.74, 6) is 1.71. The van der Waals surface area contributed by atoms with Crippen LogP contribution in [0.15, 0.2) is 6.33 Å². The highest BCUT2D eigenvalue weighted by atomic mass is 15.2. The fourth-order valence-electron chi connectivity index (χ4n) is 1.48. The van der Waals surface area contributed by atoms with Crippen LogP contribution >= 0.6 is 0 Å². The molecule has 1 rings (SSSR count). The molecule has 0 bridgehead atoms. The monoisotopic (exact) mass is 182 g/mol. The van der Waals surface area contributed by atoms with Crippen LogP contribution in [0.1, 0.15) is 32.0 Å². The van der Waals surface area contributed by atoms with Crippen LogP contribution in [0.4, 0.5) is 0 Å². The van der Waals surface area contributed by atoms with E-state index in [2.05, 4.69) is 22.1 Å². The van der Waals surface area contributed by atoms with Gasteiger partial charge in [0.25, 0.3) is 0 Å². The maximum absolute atomic E-state index is 5.52. The minimum atomic E-state index is 0.732. The lowest BCUT2D eigenvalue weighted by molar-refractivity contribution is 0.439. The van der Waals surface area contributed by atoms with Gasteiger partial charge in [0.05, 0.1) is 0 Å². The van der Waals surface area contributed by atoms with Crippen molar-refractivity contribution < 1.29 is 0 Å². The summed E-state index contributed by atoms with van der Waals surface area (Å²) >= 11 is 0. The molecule has 0 aromatic carbocycles. The lowest BCUT2D eigenvalue weighted by atomic mass is 9.97. The summed E-state index contributed by atoms with van der Waals surface area (Å²) in [5.41, 5.74) is 5.52. The van der Waals surface area contributed by atoms with E-state index in [4.69, 9.17) is 5.73 Å². The molecule has 3 N–H and O–H groups in total. The zero-order valence-corrected chi connectivity index (χ0v) is 8.16. The number of hydrogen-bond donors (Lipinski definition) is 2. The van der Waals surface area contributed by atoms with Crippen LogP contribution in [0.5, 0.6) is 0 Å². The molecule has 0 spiro atoms. The number of hydrogen-bond acceptors (Lipinski definition) is 3. The highest BCUT2D eigenvalue weighted by Crippen LogP contribution is 2.13. The molecule has 0 amide bonds. The molecule has 1 unspecified atom stereocenters. The largest absolute Gasteiger partial charge is 0.330 e. The summed E-state index contributed by atoms with van der Waals surface area (Å²) < 4.78 is 0. The smallest absolute Gasteiger partial charge is 0.137 e. The molecule has 1 aromatic heterocycles. The molecule has 0 radical (unpaired) electrons. The third kappa shape index (κ3) is 3.55. The summed E-state index contributed by atoms with van der Waals surface area (Å²) in [5, 5.41) is 6.68. The third-order valence-corrected chi connectivity index (χ3v) is 2.41. The van der Waals surface area contributed by atoms with Gasteiger partial charge in [0, 0.05) is 6.42 Å². The molecule has 4 heteroatoms. The van der Waals surface area contributed by atoms with Crippen molar-refractivity contribution in [2.45, 2.75) is 32.6 Å². The maximum atomic E-state index is 5.52. The highest BCUT2D eigenvalue weighted by Gasteiger charge is 2.06. The molecule has 4 nitrogen and oxygen atoms in total. The van der Waals surface area contributed by atoms with Crippen LogP contribution in [0, 0.1) is 5.92 Å². The Bertz CT molecular complexity index is 207. The molecular weight excluding hydrogens is 164 g/mol. The van der Waals surface area contributed by atoms with E-state index in [1.807, 2.05) is 0 Å². The van der Waals surface area contributed by atoms with Gasteiger partial charge in [-0.25, -0.2) is 4.98 Å². The molecule has 1 heterocycles. The third-order valence-electron chi connectivity index (χ3n) is 2.41. The van der Waals surface area contributed by atoms with Gasteiger partial charge >= 0.3 is 0 Å². The zero-order valence-electron chi connectivity index (χ0n) is 8.16.